The van der Waals surface area contributed by atoms with E-state index in [1.54, 1.807) is 7.11 Å². The van der Waals surface area contributed by atoms with Crippen LogP contribution in [0.3, 0.4) is 0 Å². The summed E-state index contributed by atoms with van der Waals surface area (Å²) < 4.78 is 5.12. The van der Waals surface area contributed by atoms with Crippen LogP contribution in [0.15, 0.2) is 0 Å². The molecule has 2 atom stereocenters. The summed E-state index contributed by atoms with van der Waals surface area (Å²) in [6.45, 7) is 2.50. The van der Waals surface area contributed by atoms with Gasteiger partial charge in [0, 0.05) is 19.7 Å². The van der Waals surface area contributed by atoms with E-state index in [2.05, 4.69) is 4.90 Å². The topological polar surface area (TPSA) is 75.8 Å². The van der Waals surface area contributed by atoms with Crippen molar-refractivity contribution in [1.29, 1.82) is 0 Å². The van der Waals surface area contributed by atoms with E-state index in [1.165, 1.54) is 0 Å². The lowest BCUT2D eigenvalue weighted by Crippen LogP contribution is -2.38. The fourth-order valence-electron chi connectivity index (χ4n) is 2.00. The van der Waals surface area contributed by atoms with E-state index in [4.69, 9.17) is 15.6 Å². The Kier molecular flexibility index (Phi) is 5.01. The van der Waals surface area contributed by atoms with Gasteiger partial charge in [0.05, 0.1) is 6.61 Å². The van der Waals surface area contributed by atoms with Crippen molar-refractivity contribution in [2.75, 3.05) is 26.8 Å². The fraction of sp³-hybridized carbons (Fsp3) is 0.900. The number of nitrogens with two attached hydrogens (primary N) is 1. The Labute approximate surface area is 90.2 Å². The summed E-state index contributed by atoms with van der Waals surface area (Å²) in [5.74, 6) is -0.919. The predicted octanol–water partition coefficient (Wildman–Crippen LogP) is -0.101. The molecule has 5 nitrogen and oxygen atoms in total. The van der Waals surface area contributed by atoms with Crippen molar-refractivity contribution in [3.8, 4) is 0 Å². The number of methoxy groups -OCH3 is 1. The standard InChI is InChI=1S/C10H20N2O3/c1-15-7-8-3-2-5-12(8)6-4-9(11)10(13)14/h8-9H,2-7,11H2,1H3,(H,13,14)/t8-,9-/m1/s1. The highest BCUT2D eigenvalue weighted by molar-refractivity contribution is 5.72. The second kappa shape index (κ2) is 6.05. The Balaban J connectivity index is 2.28. The molecule has 5 heteroatoms. The molecule has 0 unspecified atom stereocenters. The van der Waals surface area contributed by atoms with Gasteiger partial charge in [-0.15, -0.1) is 0 Å². The number of aliphatic carboxylic acids is 1. The van der Waals surface area contributed by atoms with Crippen LogP contribution in [0.4, 0.5) is 0 Å². The van der Waals surface area contributed by atoms with Crippen LogP contribution >= 0.6 is 0 Å². The minimum atomic E-state index is -0.919. The monoisotopic (exact) mass is 216 g/mol. The first-order valence-electron chi connectivity index (χ1n) is 5.36. The first kappa shape index (κ1) is 12.4. The number of hydrogen-bond acceptors (Lipinski definition) is 4. The molecule has 0 spiro atoms. The van der Waals surface area contributed by atoms with Gasteiger partial charge < -0.3 is 15.6 Å². The van der Waals surface area contributed by atoms with Crippen LogP contribution in [0, 0.1) is 0 Å². The second-order valence-electron chi connectivity index (χ2n) is 4.02. The minimum absolute atomic E-state index is 0.441. The molecule has 15 heavy (non-hydrogen) atoms. The van der Waals surface area contributed by atoms with E-state index in [-0.39, 0.29) is 0 Å². The average molecular weight is 216 g/mol. The Morgan fingerprint density at radius 3 is 3.07 bits per heavy atom. The summed E-state index contributed by atoms with van der Waals surface area (Å²) in [4.78, 5) is 12.8. The zero-order valence-corrected chi connectivity index (χ0v) is 9.19. The summed E-state index contributed by atoms with van der Waals surface area (Å²) in [7, 11) is 1.69. The van der Waals surface area contributed by atoms with Gasteiger partial charge in [-0.2, -0.15) is 0 Å². The Hall–Kier alpha value is -0.650. The van der Waals surface area contributed by atoms with Crippen molar-refractivity contribution in [2.45, 2.75) is 31.3 Å². The molecule has 0 radical (unpaired) electrons. The Bertz CT molecular complexity index is 211. The maximum Gasteiger partial charge on any atom is 0.320 e. The smallest absolute Gasteiger partial charge is 0.320 e. The highest BCUT2D eigenvalue weighted by Crippen LogP contribution is 2.17. The molecular weight excluding hydrogens is 196 g/mol. The Morgan fingerprint density at radius 2 is 2.47 bits per heavy atom. The highest BCUT2D eigenvalue weighted by Gasteiger charge is 2.25. The second-order valence-corrected chi connectivity index (χ2v) is 4.02. The number of rotatable bonds is 6. The molecule has 0 saturated carbocycles. The molecule has 0 bridgehead atoms. The summed E-state index contributed by atoms with van der Waals surface area (Å²) >= 11 is 0. The lowest BCUT2D eigenvalue weighted by molar-refractivity contribution is -0.138. The molecule has 1 heterocycles. The molecule has 0 aliphatic carbocycles. The number of hydrogen-bond donors (Lipinski definition) is 2. The largest absolute Gasteiger partial charge is 0.480 e. The first-order valence-corrected chi connectivity index (χ1v) is 5.36. The SMILES string of the molecule is COC[C@H]1CCCN1CC[C@@H](N)C(=O)O. The average Bonchev–Trinajstić information content (AvgIpc) is 2.62. The number of carboxylic acid groups (broad SMARTS) is 1. The molecule has 1 aliphatic rings. The van der Waals surface area contributed by atoms with E-state index in [9.17, 15) is 4.79 Å². The maximum absolute atomic E-state index is 10.5. The molecule has 1 rings (SSSR count). The maximum atomic E-state index is 10.5. The van der Waals surface area contributed by atoms with Crippen LogP contribution in [0.1, 0.15) is 19.3 Å². The molecule has 0 aromatic rings. The third kappa shape index (κ3) is 3.77. The van der Waals surface area contributed by atoms with Crippen LogP contribution in [0.5, 0.6) is 0 Å². The molecule has 3 N–H and O–H groups in total. The summed E-state index contributed by atoms with van der Waals surface area (Å²) in [5.41, 5.74) is 5.46. The summed E-state index contributed by atoms with van der Waals surface area (Å²) in [6.07, 6.45) is 2.81. The van der Waals surface area contributed by atoms with E-state index in [0.717, 1.165) is 32.5 Å². The van der Waals surface area contributed by atoms with Crippen LogP contribution < -0.4 is 5.73 Å². The van der Waals surface area contributed by atoms with Gasteiger partial charge >= 0.3 is 5.97 Å². The van der Waals surface area contributed by atoms with Crippen molar-refractivity contribution in [2.24, 2.45) is 5.73 Å². The van der Waals surface area contributed by atoms with Gasteiger partial charge in [-0.1, -0.05) is 0 Å². The van der Waals surface area contributed by atoms with Gasteiger partial charge in [0.2, 0.25) is 0 Å². The number of carbonyl (C=O) groups is 1. The number of likely N-dealkylation sites (tertiary alicyclic amines) is 1. The molecule has 88 valence electrons. The number of ether oxygens (including phenoxy) is 1. The lowest BCUT2D eigenvalue weighted by atomic mass is 10.2. The quantitative estimate of drug-likeness (QED) is 0.648. The van der Waals surface area contributed by atoms with E-state index >= 15 is 0 Å². The fourth-order valence-corrected chi connectivity index (χ4v) is 2.00. The first-order chi connectivity index (χ1) is 7.15. The van der Waals surface area contributed by atoms with Crippen molar-refractivity contribution in [1.82, 2.24) is 4.90 Å². The normalized spacial score (nSPS) is 24.3. The van der Waals surface area contributed by atoms with Gasteiger partial charge in [0.1, 0.15) is 6.04 Å². The number of nitrogens with zero attached hydrogens (tertiary/aromatic N) is 1. The zero-order chi connectivity index (χ0) is 11.3. The van der Waals surface area contributed by atoms with Gasteiger partial charge in [-0.25, -0.2) is 0 Å². The van der Waals surface area contributed by atoms with Crippen LogP contribution in [-0.2, 0) is 9.53 Å². The molecule has 0 amide bonds. The van der Waals surface area contributed by atoms with Crippen LogP contribution in [0.2, 0.25) is 0 Å². The Morgan fingerprint density at radius 1 is 1.73 bits per heavy atom. The van der Waals surface area contributed by atoms with Gasteiger partial charge in [0.25, 0.3) is 0 Å². The number of carboxylic acids is 1. The molecule has 0 aromatic carbocycles. The van der Waals surface area contributed by atoms with Gasteiger partial charge in [0.15, 0.2) is 0 Å². The van der Waals surface area contributed by atoms with Gasteiger partial charge in [-0.05, 0) is 25.8 Å². The zero-order valence-electron chi connectivity index (χ0n) is 9.19. The summed E-state index contributed by atoms with van der Waals surface area (Å²) in [5, 5.41) is 8.66. The third-order valence-electron chi connectivity index (χ3n) is 2.90. The van der Waals surface area contributed by atoms with Crippen molar-refractivity contribution in [3.05, 3.63) is 0 Å². The van der Waals surface area contributed by atoms with Gasteiger partial charge in [-0.3, -0.25) is 9.69 Å². The predicted molar refractivity (Wildman–Crippen MR) is 56.7 cm³/mol. The van der Waals surface area contributed by atoms with Crippen molar-refractivity contribution >= 4 is 5.97 Å². The summed E-state index contributed by atoms with van der Waals surface area (Å²) in [6, 6.07) is -0.301. The highest BCUT2D eigenvalue weighted by atomic mass is 16.5. The minimum Gasteiger partial charge on any atom is -0.480 e. The van der Waals surface area contributed by atoms with Crippen molar-refractivity contribution < 1.29 is 14.6 Å². The molecule has 1 saturated heterocycles. The molecule has 1 aliphatic heterocycles. The van der Waals surface area contributed by atoms with Crippen LogP contribution in [-0.4, -0.2) is 54.9 Å². The van der Waals surface area contributed by atoms with E-state index in [0.29, 0.717) is 12.5 Å². The molecular formula is C10H20N2O3. The van der Waals surface area contributed by atoms with Crippen molar-refractivity contribution in [3.63, 3.8) is 0 Å². The third-order valence-corrected chi connectivity index (χ3v) is 2.90. The van der Waals surface area contributed by atoms with Crippen LogP contribution in [0.25, 0.3) is 0 Å². The molecule has 0 aromatic heterocycles. The van der Waals surface area contributed by atoms with E-state index < -0.39 is 12.0 Å². The van der Waals surface area contributed by atoms with E-state index in [1.807, 2.05) is 0 Å². The molecule has 1 fully saturated rings. The lowest BCUT2D eigenvalue weighted by Gasteiger charge is -2.24.